The highest BCUT2D eigenvalue weighted by Crippen LogP contribution is 2.23. The summed E-state index contributed by atoms with van der Waals surface area (Å²) in [7, 11) is 0. The van der Waals surface area contributed by atoms with Crippen LogP contribution in [0.2, 0.25) is 0 Å². The van der Waals surface area contributed by atoms with Gasteiger partial charge in [-0.15, -0.1) is 0 Å². The minimum absolute atomic E-state index is 0.341. The first-order valence-electron chi connectivity index (χ1n) is 8.00. The number of piperidine rings is 1. The molecule has 0 radical (unpaired) electrons. The summed E-state index contributed by atoms with van der Waals surface area (Å²) in [5, 5.41) is 0. The van der Waals surface area contributed by atoms with Gasteiger partial charge in [0.05, 0.1) is 0 Å². The lowest BCUT2D eigenvalue weighted by molar-refractivity contribution is 0.173. The van der Waals surface area contributed by atoms with Crippen molar-refractivity contribution in [3.63, 3.8) is 0 Å². The lowest BCUT2D eigenvalue weighted by Crippen LogP contribution is -2.34. The van der Waals surface area contributed by atoms with E-state index in [-0.39, 0.29) is 0 Å². The monoisotopic (exact) mass is 254 g/mol. The molecule has 1 aliphatic rings. The number of unbranched alkanes of at least 4 members (excludes halogenated alkanes) is 1. The summed E-state index contributed by atoms with van der Waals surface area (Å²) in [4.78, 5) is 2.67. The van der Waals surface area contributed by atoms with Gasteiger partial charge in [0, 0.05) is 0 Å². The van der Waals surface area contributed by atoms with Crippen molar-refractivity contribution in [3.05, 3.63) is 0 Å². The third kappa shape index (κ3) is 6.19. The van der Waals surface area contributed by atoms with Crippen LogP contribution in [-0.2, 0) is 0 Å². The van der Waals surface area contributed by atoms with Crippen LogP contribution >= 0.6 is 0 Å². The van der Waals surface area contributed by atoms with Gasteiger partial charge in [-0.1, -0.05) is 40.0 Å². The second-order valence-electron chi connectivity index (χ2n) is 6.90. The van der Waals surface area contributed by atoms with Crippen molar-refractivity contribution in [2.75, 3.05) is 26.2 Å². The lowest BCUT2D eigenvalue weighted by Gasteiger charge is -2.32. The first-order valence-corrected chi connectivity index (χ1v) is 8.00. The molecule has 108 valence electrons. The summed E-state index contributed by atoms with van der Waals surface area (Å²) in [5.41, 5.74) is 6.11. The van der Waals surface area contributed by atoms with Crippen molar-refractivity contribution in [2.45, 2.75) is 65.7 Å². The van der Waals surface area contributed by atoms with Crippen LogP contribution in [0.4, 0.5) is 0 Å². The fourth-order valence-electron chi connectivity index (χ4n) is 2.95. The SMILES string of the molecule is CCCC1CCN(CCCCC(C)(C)CN)CC1. The summed E-state index contributed by atoms with van der Waals surface area (Å²) >= 11 is 0. The Morgan fingerprint density at radius 1 is 1.17 bits per heavy atom. The Kier molecular flexibility index (Phi) is 7.25. The number of nitrogens with zero attached hydrogens (tertiary/aromatic N) is 1. The van der Waals surface area contributed by atoms with Crippen molar-refractivity contribution >= 4 is 0 Å². The van der Waals surface area contributed by atoms with Crippen molar-refractivity contribution in [2.24, 2.45) is 17.1 Å². The average Bonchev–Trinajstić information content (AvgIpc) is 2.37. The zero-order valence-electron chi connectivity index (χ0n) is 12.9. The second-order valence-corrected chi connectivity index (χ2v) is 6.90. The van der Waals surface area contributed by atoms with Crippen LogP contribution in [-0.4, -0.2) is 31.1 Å². The Morgan fingerprint density at radius 2 is 1.83 bits per heavy atom. The maximum absolute atomic E-state index is 5.76. The molecule has 1 saturated heterocycles. The van der Waals surface area contributed by atoms with Gasteiger partial charge in [-0.3, -0.25) is 0 Å². The van der Waals surface area contributed by atoms with E-state index in [1.807, 2.05) is 0 Å². The predicted molar refractivity (Wildman–Crippen MR) is 80.8 cm³/mol. The maximum Gasteiger partial charge on any atom is -0.00161 e. The average molecular weight is 254 g/mol. The summed E-state index contributed by atoms with van der Waals surface area (Å²) < 4.78 is 0. The van der Waals surface area contributed by atoms with Gasteiger partial charge in [0.2, 0.25) is 0 Å². The van der Waals surface area contributed by atoms with Crippen LogP contribution in [0, 0.1) is 11.3 Å². The number of hydrogen-bond donors (Lipinski definition) is 1. The van der Waals surface area contributed by atoms with Gasteiger partial charge >= 0.3 is 0 Å². The molecule has 18 heavy (non-hydrogen) atoms. The van der Waals surface area contributed by atoms with E-state index in [0.717, 1.165) is 12.5 Å². The van der Waals surface area contributed by atoms with Crippen LogP contribution in [0.25, 0.3) is 0 Å². The largest absolute Gasteiger partial charge is 0.330 e. The molecule has 0 bridgehead atoms. The Morgan fingerprint density at radius 3 is 2.39 bits per heavy atom. The minimum atomic E-state index is 0.341. The van der Waals surface area contributed by atoms with Gasteiger partial charge < -0.3 is 10.6 Å². The van der Waals surface area contributed by atoms with Crippen LogP contribution in [0.15, 0.2) is 0 Å². The van der Waals surface area contributed by atoms with E-state index in [2.05, 4.69) is 25.7 Å². The van der Waals surface area contributed by atoms with Crippen molar-refractivity contribution in [1.82, 2.24) is 4.90 Å². The maximum atomic E-state index is 5.76. The zero-order valence-corrected chi connectivity index (χ0v) is 12.9. The normalized spacial score (nSPS) is 19.3. The molecule has 1 rings (SSSR count). The van der Waals surface area contributed by atoms with Gasteiger partial charge in [0.25, 0.3) is 0 Å². The van der Waals surface area contributed by atoms with Gasteiger partial charge in [-0.25, -0.2) is 0 Å². The third-order valence-electron chi connectivity index (χ3n) is 4.53. The van der Waals surface area contributed by atoms with Crippen LogP contribution in [0.1, 0.15) is 65.7 Å². The highest BCUT2D eigenvalue weighted by molar-refractivity contribution is 4.73. The van der Waals surface area contributed by atoms with Gasteiger partial charge in [0.1, 0.15) is 0 Å². The predicted octanol–water partition coefficient (Wildman–Crippen LogP) is 3.65. The number of hydrogen-bond acceptors (Lipinski definition) is 2. The van der Waals surface area contributed by atoms with E-state index in [9.17, 15) is 0 Å². The highest BCUT2D eigenvalue weighted by Gasteiger charge is 2.18. The van der Waals surface area contributed by atoms with E-state index >= 15 is 0 Å². The van der Waals surface area contributed by atoms with E-state index in [0.29, 0.717) is 5.41 Å². The van der Waals surface area contributed by atoms with Crippen molar-refractivity contribution in [1.29, 1.82) is 0 Å². The molecule has 0 saturated carbocycles. The van der Waals surface area contributed by atoms with E-state index in [1.165, 1.54) is 64.6 Å². The molecule has 0 aromatic rings. The molecule has 1 fully saturated rings. The fourth-order valence-corrected chi connectivity index (χ4v) is 2.95. The van der Waals surface area contributed by atoms with Gasteiger partial charge in [-0.05, 0) is 63.2 Å². The quantitative estimate of drug-likeness (QED) is 0.670. The third-order valence-corrected chi connectivity index (χ3v) is 4.53. The summed E-state index contributed by atoms with van der Waals surface area (Å²) in [6.45, 7) is 11.7. The van der Waals surface area contributed by atoms with Gasteiger partial charge in [-0.2, -0.15) is 0 Å². The second kappa shape index (κ2) is 8.16. The Labute approximate surface area is 114 Å². The molecular formula is C16H34N2. The Bertz CT molecular complexity index is 205. The minimum Gasteiger partial charge on any atom is -0.330 e. The molecule has 2 heteroatoms. The van der Waals surface area contributed by atoms with E-state index in [1.54, 1.807) is 0 Å². The molecule has 0 aliphatic carbocycles. The smallest absolute Gasteiger partial charge is 0.00161 e. The van der Waals surface area contributed by atoms with Gasteiger partial charge in [0.15, 0.2) is 0 Å². The first kappa shape index (κ1) is 16.0. The molecule has 0 amide bonds. The molecule has 0 spiro atoms. The molecule has 1 aliphatic heterocycles. The molecule has 2 nitrogen and oxygen atoms in total. The Hall–Kier alpha value is -0.0800. The van der Waals surface area contributed by atoms with Crippen LogP contribution in [0.3, 0.4) is 0 Å². The number of likely N-dealkylation sites (tertiary alicyclic amines) is 1. The van der Waals surface area contributed by atoms with E-state index < -0.39 is 0 Å². The summed E-state index contributed by atoms with van der Waals surface area (Å²) in [6, 6.07) is 0. The number of nitrogens with two attached hydrogens (primary N) is 1. The molecule has 0 unspecified atom stereocenters. The van der Waals surface area contributed by atoms with Crippen molar-refractivity contribution < 1.29 is 0 Å². The Balaban J connectivity index is 2.04. The first-order chi connectivity index (χ1) is 8.57. The highest BCUT2D eigenvalue weighted by atomic mass is 15.1. The summed E-state index contributed by atoms with van der Waals surface area (Å²) in [5.74, 6) is 1.02. The topological polar surface area (TPSA) is 29.3 Å². The number of rotatable bonds is 8. The fraction of sp³-hybridized carbons (Fsp3) is 1.00. The zero-order chi connectivity index (χ0) is 13.4. The molecule has 1 heterocycles. The van der Waals surface area contributed by atoms with Crippen LogP contribution < -0.4 is 5.73 Å². The van der Waals surface area contributed by atoms with Crippen LogP contribution in [0.5, 0.6) is 0 Å². The molecule has 0 atom stereocenters. The molecule has 0 aromatic carbocycles. The van der Waals surface area contributed by atoms with E-state index in [4.69, 9.17) is 5.73 Å². The molecule has 0 aromatic heterocycles. The lowest BCUT2D eigenvalue weighted by atomic mass is 9.87. The molecular weight excluding hydrogens is 220 g/mol. The molecule has 2 N–H and O–H groups in total. The summed E-state index contributed by atoms with van der Waals surface area (Å²) in [6.07, 6.45) is 9.62. The standard InChI is InChI=1S/C16H34N2/c1-4-7-15-8-12-18(13-9-15)11-6-5-10-16(2,3)14-17/h15H,4-14,17H2,1-3H3. The van der Waals surface area contributed by atoms with Crippen molar-refractivity contribution in [3.8, 4) is 0 Å².